The Morgan fingerprint density at radius 3 is 2.54 bits per heavy atom. The second-order valence-electron chi connectivity index (χ2n) is 11.3. The van der Waals surface area contributed by atoms with Crippen molar-refractivity contribution in [3.8, 4) is 0 Å². The second kappa shape index (κ2) is 10.4. The molecule has 0 atom stereocenters. The molecule has 3 fully saturated rings. The number of fused-ring (bicyclic) bond motifs is 3. The fourth-order valence-corrected chi connectivity index (χ4v) is 6.31. The van der Waals surface area contributed by atoms with Gasteiger partial charge in [0.15, 0.2) is 0 Å². The maximum Gasteiger partial charge on any atom is 0.267 e. The van der Waals surface area contributed by atoms with Gasteiger partial charge >= 0.3 is 0 Å². The minimum atomic E-state index is 0.00565. The van der Waals surface area contributed by atoms with Crippen LogP contribution in [0.4, 0.5) is 5.95 Å². The van der Waals surface area contributed by atoms with E-state index in [1.807, 2.05) is 12.3 Å². The topological polar surface area (TPSA) is 78.3 Å². The Kier molecular flexibility index (Phi) is 6.92. The Morgan fingerprint density at radius 1 is 0.943 bits per heavy atom. The van der Waals surface area contributed by atoms with Gasteiger partial charge in [-0.1, -0.05) is 12.8 Å². The maximum absolute atomic E-state index is 12.7. The highest BCUT2D eigenvalue weighted by molar-refractivity contribution is 5.98. The van der Waals surface area contributed by atoms with Crippen molar-refractivity contribution in [1.82, 2.24) is 29.7 Å². The molecule has 2 aliphatic carbocycles. The molecule has 8 heteroatoms. The van der Waals surface area contributed by atoms with Crippen LogP contribution in [0.3, 0.4) is 0 Å². The first kappa shape index (κ1) is 23.2. The van der Waals surface area contributed by atoms with Gasteiger partial charge in [0.1, 0.15) is 11.3 Å². The first-order valence-electron chi connectivity index (χ1n) is 14.1. The van der Waals surface area contributed by atoms with Crippen molar-refractivity contribution < 1.29 is 4.79 Å². The standard InChI is InChI=1S/C27H41N7O/c35-26-24-17-21-18-29-27(31-25(21)34(24)12-4-2-1-3-11-28-26)30-22-7-9-23(10-8-22)33-15-13-32(14-16-33)19-20-5-6-20/h17-18,20,22-23H,1-16,19H2,(H,28,35)(H,29,30,31)/t22-,23-. The fourth-order valence-electron chi connectivity index (χ4n) is 6.31. The molecule has 35 heavy (non-hydrogen) atoms. The van der Waals surface area contributed by atoms with Crippen LogP contribution in [0.15, 0.2) is 12.3 Å². The number of nitrogens with zero attached hydrogens (tertiary/aromatic N) is 5. The van der Waals surface area contributed by atoms with Crippen LogP contribution in [-0.4, -0.2) is 81.6 Å². The first-order chi connectivity index (χ1) is 17.2. The monoisotopic (exact) mass is 479 g/mol. The summed E-state index contributed by atoms with van der Waals surface area (Å²) in [6.07, 6.45) is 14.1. The van der Waals surface area contributed by atoms with Gasteiger partial charge in [0, 0.05) is 69.5 Å². The molecule has 1 amide bonds. The van der Waals surface area contributed by atoms with Crippen LogP contribution in [0.1, 0.15) is 74.7 Å². The van der Waals surface area contributed by atoms with Gasteiger partial charge in [0.05, 0.1) is 0 Å². The van der Waals surface area contributed by atoms with E-state index < -0.39 is 0 Å². The van der Waals surface area contributed by atoms with Gasteiger partial charge in [-0.3, -0.25) is 9.69 Å². The molecule has 4 aliphatic rings. The summed E-state index contributed by atoms with van der Waals surface area (Å²) in [7, 11) is 0. The lowest BCUT2D eigenvalue weighted by molar-refractivity contribution is 0.0752. The molecule has 8 nitrogen and oxygen atoms in total. The molecule has 6 rings (SSSR count). The predicted octanol–water partition coefficient (Wildman–Crippen LogP) is 3.49. The van der Waals surface area contributed by atoms with E-state index >= 15 is 0 Å². The van der Waals surface area contributed by atoms with Crippen LogP contribution in [0, 0.1) is 5.92 Å². The van der Waals surface area contributed by atoms with E-state index in [4.69, 9.17) is 4.98 Å². The number of amides is 1. The number of aromatic nitrogens is 3. The predicted molar refractivity (Wildman–Crippen MR) is 139 cm³/mol. The number of piperazine rings is 1. The molecule has 0 radical (unpaired) electrons. The van der Waals surface area contributed by atoms with E-state index in [0.717, 1.165) is 55.3 Å². The molecule has 190 valence electrons. The maximum atomic E-state index is 12.7. The molecule has 2 N–H and O–H groups in total. The smallest absolute Gasteiger partial charge is 0.267 e. The molecule has 0 bridgehead atoms. The van der Waals surface area contributed by atoms with Crippen molar-refractivity contribution in [2.75, 3.05) is 44.6 Å². The number of aryl methyl sites for hydroxylation is 1. The average molecular weight is 480 g/mol. The van der Waals surface area contributed by atoms with Crippen LogP contribution in [0.5, 0.6) is 0 Å². The van der Waals surface area contributed by atoms with Gasteiger partial charge in [-0.05, 0) is 63.4 Å². The van der Waals surface area contributed by atoms with E-state index in [-0.39, 0.29) is 5.91 Å². The molecule has 4 heterocycles. The quantitative estimate of drug-likeness (QED) is 0.684. The Labute approximate surface area is 208 Å². The average Bonchev–Trinajstić information content (AvgIpc) is 3.63. The molecular formula is C27H41N7O. The molecule has 2 aromatic heterocycles. The largest absolute Gasteiger partial charge is 0.351 e. The third-order valence-electron chi connectivity index (χ3n) is 8.63. The first-order valence-corrected chi connectivity index (χ1v) is 14.1. The minimum absolute atomic E-state index is 0.00565. The molecular weight excluding hydrogens is 438 g/mol. The Balaban J connectivity index is 1.06. The van der Waals surface area contributed by atoms with Gasteiger partial charge in [-0.2, -0.15) is 4.98 Å². The van der Waals surface area contributed by atoms with Gasteiger partial charge in [-0.15, -0.1) is 0 Å². The zero-order chi connectivity index (χ0) is 23.6. The zero-order valence-corrected chi connectivity index (χ0v) is 21.1. The summed E-state index contributed by atoms with van der Waals surface area (Å²) < 4.78 is 2.10. The van der Waals surface area contributed by atoms with Crippen molar-refractivity contribution in [3.63, 3.8) is 0 Å². The Morgan fingerprint density at radius 2 is 1.74 bits per heavy atom. The number of hydrogen-bond donors (Lipinski definition) is 2. The molecule has 2 aromatic rings. The van der Waals surface area contributed by atoms with E-state index in [2.05, 4.69) is 30.0 Å². The lowest BCUT2D eigenvalue weighted by Crippen LogP contribution is -2.52. The fraction of sp³-hybridized carbons (Fsp3) is 0.741. The van der Waals surface area contributed by atoms with Crippen molar-refractivity contribution in [3.05, 3.63) is 18.0 Å². The summed E-state index contributed by atoms with van der Waals surface area (Å²) in [5.41, 5.74) is 1.59. The van der Waals surface area contributed by atoms with Crippen LogP contribution in [0.2, 0.25) is 0 Å². The molecule has 2 aliphatic heterocycles. The van der Waals surface area contributed by atoms with Crippen molar-refractivity contribution in [1.29, 1.82) is 0 Å². The third-order valence-corrected chi connectivity index (χ3v) is 8.63. The van der Waals surface area contributed by atoms with Crippen LogP contribution >= 0.6 is 0 Å². The SMILES string of the molecule is O=C1NCCCCCCn2c1cc1cnc(N[C@H]3CC[C@H](N4CCN(CC5CC5)CC4)CC3)nc12. The van der Waals surface area contributed by atoms with E-state index in [1.54, 1.807) is 0 Å². The summed E-state index contributed by atoms with van der Waals surface area (Å²) in [6, 6.07) is 3.11. The molecule has 0 spiro atoms. The van der Waals surface area contributed by atoms with Crippen LogP contribution < -0.4 is 10.6 Å². The molecule has 0 aromatic carbocycles. The number of carbonyl (C=O) groups excluding carboxylic acids is 1. The number of hydrogen-bond acceptors (Lipinski definition) is 6. The highest BCUT2D eigenvalue weighted by Crippen LogP contribution is 2.31. The summed E-state index contributed by atoms with van der Waals surface area (Å²) in [5, 5.41) is 7.64. The highest BCUT2D eigenvalue weighted by Gasteiger charge is 2.31. The van der Waals surface area contributed by atoms with E-state index in [9.17, 15) is 4.79 Å². The van der Waals surface area contributed by atoms with Gasteiger partial charge in [0.2, 0.25) is 5.95 Å². The van der Waals surface area contributed by atoms with Gasteiger partial charge < -0.3 is 20.1 Å². The highest BCUT2D eigenvalue weighted by atomic mass is 16.1. The summed E-state index contributed by atoms with van der Waals surface area (Å²) in [6.45, 7) is 7.90. The van der Waals surface area contributed by atoms with Crippen molar-refractivity contribution in [2.24, 2.45) is 5.92 Å². The van der Waals surface area contributed by atoms with Gasteiger partial charge in [0.25, 0.3) is 5.91 Å². The zero-order valence-electron chi connectivity index (χ0n) is 21.1. The minimum Gasteiger partial charge on any atom is -0.351 e. The number of anilines is 1. The summed E-state index contributed by atoms with van der Waals surface area (Å²) >= 11 is 0. The van der Waals surface area contributed by atoms with Crippen molar-refractivity contribution in [2.45, 2.75) is 82.8 Å². The normalized spacial score (nSPS) is 27.4. The lowest BCUT2D eigenvalue weighted by Gasteiger charge is -2.42. The van der Waals surface area contributed by atoms with E-state index in [1.165, 1.54) is 77.7 Å². The van der Waals surface area contributed by atoms with Crippen molar-refractivity contribution >= 4 is 22.9 Å². The van der Waals surface area contributed by atoms with E-state index in [0.29, 0.717) is 17.7 Å². The summed E-state index contributed by atoms with van der Waals surface area (Å²) in [4.78, 5) is 27.7. The molecule has 0 unspecified atom stereocenters. The Bertz CT molecular complexity index is 1020. The van der Waals surface area contributed by atoms with Crippen LogP contribution in [-0.2, 0) is 6.54 Å². The lowest BCUT2D eigenvalue weighted by atomic mass is 9.90. The Hall–Kier alpha value is -2.19. The second-order valence-corrected chi connectivity index (χ2v) is 11.3. The molecule has 1 saturated heterocycles. The number of rotatable bonds is 5. The number of nitrogens with one attached hydrogen (secondary N) is 2. The number of carbonyl (C=O) groups is 1. The van der Waals surface area contributed by atoms with Gasteiger partial charge in [-0.25, -0.2) is 4.98 Å². The summed E-state index contributed by atoms with van der Waals surface area (Å²) in [5.74, 6) is 1.71. The molecule has 2 saturated carbocycles. The third kappa shape index (κ3) is 5.48. The van der Waals surface area contributed by atoms with Crippen LogP contribution in [0.25, 0.3) is 11.0 Å².